The number of aryl methyl sites for hydroxylation is 1. The van der Waals surface area contributed by atoms with Crippen LogP contribution < -0.4 is 5.73 Å². The second-order valence-corrected chi connectivity index (χ2v) is 4.61. The molecule has 4 aromatic rings. The van der Waals surface area contributed by atoms with Gasteiger partial charge in [0.2, 0.25) is 5.95 Å². The number of nitrogen functional groups attached to an aromatic ring is 1. The third-order valence-corrected chi connectivity index (χ3v) is 3.26. The predicted molar refractivity (Wildman–Crippen MR) is 76.0 cm³/mol. The van der Waals surface area contributed by atoms with Gasteiger partial charge in [-0.3, -0.25) is 0 Å². The van der Waals surface area contributed by atoms with Crippen LogP contribution in [0.5, 0.6) is 0 Å². The highest BCUT2D eigenvalue weighted by atomic mass is 16.3. The normalized spacial score (nSPS) is 11.4. The van der Waals surface area contributed by atoms with Crippen molar-refractivity contribution in [1.82, 2.24) is 19.9 Å². The van der Waals surface area contributed by atoms with Gasteiger partial charge in [0.15, 0.2) is 11.5 Å². The zero-order valence-corrected chi connectivity index (χ0v) is 10.7. The van der Waals surface area contributed by atoms with Crippen LogP contribution in [-0.2, 0) is 0 Å². The lowest BCUT2D eigenvalue weighted by atomic mass is 10.1. The highest BCUT2D eigenvalue weighted by Crippen LogP contribution is 2.30. The van der Waals surface area contributed by atoms with Gasteiger partial charge >= 0.3 is 0 Å². The van der Waals surface area contributed by atoms with Crippen LogP contribution in [0.25, 0.3) is 33.3 Å². The first kappa shape index (κ1) is 11.0. The van der Waals surface area contributed by atoms with Gasteiger partial charge in [-0.05, 0) is 17.7 Å². The molecule has 0 aliphatic carbocycles. The second-order valence-electron chi connectivity index (χ2n) is 4.61. The number of hydrogen-bond donors (Lipinski definition) is 2. The molecule has 0 bridgehead atoms. The predicted octanol–water partition coefficient (Wildman–Crippen LogP) is 2.66. The molecule has 0 amide bonds. The maximum atomic E-state index is 5.58. The lowest BCUT2D eigenvalue weighted by Gasteiger charge is -1.99. The van der Waals surface area contributed by atoms with Gasteiger partial charge in [0.1, 0.15) is 11.2 Å². The summed E-state index contributed by atoms with van der Waals surface area (Å²) in [4.78, 5) is 15.6. The van der Waals surface area contributed by atoms with Crippen LogP contribution in [-0.4, -0.2) is 19.9 Å². The standard InChI is InChI=1S/C14H11N5O/c1-7-18-11-3-2-8(4-12(11)20-7)9-5-16-13-10(9)6-17-14(15)19-13/h2-6H,1H3,(H3,15,16,17,19). The molecule has 4 rings (SSSR count). The molecule has 98 valence electrons. The van der Waals surface area contributed by atoms with Crippen LogP contribution in [0.15, 0.2) is 35.0 Å². The number of aromatic nitrogens is 4. The minimum absolute atomic E-state index is 0.257. The minimum atomic E-state index is 0.257. The van der Waals surface area contributed by atoms with E-state index in [0.717, 1.165) is 33.3 Å². The number of nitrogens with zero attached hydrogens (tertiary/aromatic N) is 3. The Balaban J connectivity index is 1.95. The first-order valence-corrected chi connectivity index (χ1v) is 6.18. The number of nitrogens with one attached hydrogen (secondary N) is 1. The Bertz CT molecular complexity index is 937. The van der Waals surface area contributed by atoms with Crippen LogP contribution in [0, 0.1) is 6.92 Å². The SMILES string of the molecule is Cc1nc2ccc(-c3c[nH]c4nc(N)ncc34)cc2o1. The summed E-state index contributed by atoms with van der Waals surface area (Å²) < 4.78 is 5.57. The Morgan fingerprint density at radius 3 is 3.05 bits per heavy atom. The van der Waals surface area contributed by atoms with Gasteiger partial charge in [0.25, 0.3) is 0 Å². The zero-order valence-electron chi connectivity index (χ0n) is 10.7. The first-order chi connectivity index (χ1) is 9.70. The van der Waals surface area contributed by atoms with Gasteiger partial charge in [-0.25, -0.2) is 9.97 Å². The van der Waals surface area contributed by atoms with Crippen molar-refractivity contribution in [3.63, 3.8) is 0 Å². The summed E-state index contributed by atoms with van der Waals surface area (Å²) in [6.45, 7) is 1.84. The quantitative estimate of drug-likeness (QED) is 0.551. The smallest absolute Gasteiger partial charge is 0.221 e. The molecule has 0 unspecified atom stereocenters. The summed E-state index contributed by atoms with van der Waals surface area (Å²) in [5.74, 6) is 0.916. The average molecular weight is 265 g/mol. The molecular formula is C14H11N5O. The Kier molecular flexibility index (Phi) is 2.09. The molecule has 6 heteroatoms. The fourth-order valence-electron chi connectivity index (χ4n) is 2.37. The third-order valence-electron chi connectivity index (χ3n) is 3.26. The molecule has 3 N–H and O–H groups in total. The van der Waals surface area contributed by atoms with Crippen LogP contribution in [0.2, 0.25) is 0 Å². The molecule has 0 atom stereocenters. The first-order valence-electron chi connectivity index (χ1n) is 6.18. The molecule has 0 fully saturated rings. The maximum Gasteiger partial charge on any atom is 0.221 e. The Morgan fingerprint density at radius 1 is 1.25 bits per heavy atom. The lowest BCUT2D eigenvalue weighted by Crippen LogP contribution is -1.93. The van der Waals surface area contributed by atoms with Crippen LogP contribution in [0.3, 0.4) is 0 Å². The molecule has 0 saturated heterocycles. The Morgan fingerprint density at radius 2 is 2.15 bits per heavy atom. The molecule has 6 nitrogen and oxygen atoms in total. The number of fused-ring (bicyclic) bond motifs is 2. The summed E-state index contributed by atoms with van der Waals surface area (Å²) in [5.41, 5.74) is 9.96. The van der Waals surface area contributed by atoms with E-state index < -0.39 is 0 Å². The number of nitrogens with two attached hydrogens (primary N) is 1. The van der Waals surface area contributed by atoms with Gasteiger partial charge in [0.05, 0.1) is 0 Å². The van der Waals surface area contributed by atoms with E-state index in [1.165, 1.54) is 0 Å². The van der Waals surface area contributed by atoms with Crippen molar-refractivity contribution in [2.24, 2.45) is 0 Å². The molecule has 0 aliphatic rings. The Hall–Kier alpha value is -2.89. The van der Waals surface area contributed by atoms with Gasteiger partial charge in [0, 0.05) is 30.3 Å². The summed E-state index contributed by atoms with van der Waals surface area (Å²) in [6, 6.07) is 5.91. The van der Waals surface area contributed by atoms with E-state index in [1.54, 1.807) is 6.20 Å². The molecule has 0 saturated carbocycles. The van der Waals surface area contributed by atoms with Crippen molar-refractivity contribution in [2.75, 3.05) is 5.73 Å². The highest BCUT2D eigenvalue weighted by Gasteiger charge is 2.10. The van der Waals surface area contributed by atoms with Gasteiger partial charge in [-0.15, -0.1) is 0 Å². The number of H-pyrrole nitrogens is 1. The minimum Gasteiger partial charge on any atom is -0.441 e. The molecule has 20 heavy (non-hydrogen) atoms. The Labute approximate surface area is 113 Å². The topological polar surface area (TPSA) is 93.6 Å². The van der Waals surface area contributed by atoms with Gasteiger partial charge < -0.3 is 15.1 Å². The van der Waals surface area contributed by atoms with E-state index in [0.29, 0.717) is 5.89 Å². The summed E-state index contributed by atoms with van der Waals surface area (Å²) >= 11 is 0. The number of benzene rings is 1. The molecule has 3 heterocycles. The van der Waals surface area contributed by atoms with Crippen LogP contribution >= 0.6 is 0 Å². The number of anilines is 1. The third kappa shape index (κ3) is 1.55. The van der Waals surface area contributed by atoms with E-state index in [2.05, 4.69) is 19.9 Å². The van der Waals surface area contributed by atoms with E-state index >= 15 is 0 Å². The van der Waals surface area contributed by atoms with Crippen molar-refractivity contribution >= 4 is 28.1 Å². The van der Waals surface area contributed by atoms with Gasteiger partial charge in [-0.2, -0.15) is 4.98 Å². The molecule has 0 spiro atoms. The molecule has 0 radical (unpaired) electrons. The molecule has 1 aromatic carbocycles. The van der Waals surface area contributed by atoms with Crippen LogP contribution in [0.4, 0.5) is 5.95 Å². The van der Waals surface area contributed by atoms with Crippen molar-refractivity contribution in [1.29, 1.82) is 0 Å². The average Bonchev–Trinajstić information content (AvgIpc) is 2.99. The van der Waals surface area contributed by atoms with E-state index in [1.807, 2.05) is 31.3 Å². The molecule has 0 aliphatic heterocycles. The molecular weight excluding hydrogens is 254 g/mol. The van der Waals surface area contributed by atoms with Crippen molar-refractivity contribution in [3.8, 4) is 11.1 Å². The molecule has 3 aromatic heterocycles. The zero-order chi connectivity index (χ0) is 13.7. The highest BCUT2D eigenvalue weighted by molar-refractivity contribution is 5.95. The van der Waals surface area contributed by atoms with Gasteiger partial charge in [-0.1, -0.05) is 6.07 Å². The lowest BCUT2D eigenvalue weighted by molar-refractivity contribution is 0.561. The number of hydrogen-bond acceptors (Lipinski definition) is 5. The largest absolute Gasteiger partial charge is 0.441 e. The van der Waals surface area contributed by atoms with E-state index in [-0.39, 0.29) is 5.95 Å². The fourth-order valence-corrected chi connectivity index (χ4v) is 2.37. The van der Waals surface area contributed by atoms with Crippen molar-refractivity contribution in [2.45, 2.75) is 6.92 Å². The van der Waals surface area contributed by atoms with E-state index in [9.17, 15) is 0 Å². The van der Waals surface area contributed by atoms with Crippen molar-refractivity contribution in [3.05, 3.63) is 36.5 Å². The second kappa shape index (κ2) is 3.80. The summed E-state index contributed by atoms with van der Waals surface area (Å²) in [7, 11) is 0. The monoisotopic (exact) mass is 265 g/mol. The van der Waals surface area contributed by atoms with Crippen molar-refractivity contribution < 1.29 is 4.42 Å². The van der Waals surface area contributed by atoms with E-state index in [4.69, 9.17) is 10.2 Å². The number of oxazole rings is 1. The van der Waals surface area contributed by atoms with Crippen LogP contribution in [0.1, 0.15) is 5.89 Å². The number of aromatic amines is 1. The maximum absolute atomic E-state index is 5.58. The summed E-state index contributed by atoms with van der Waals surface area (Å²) in [6.07, 6.45) is 3.61. The number of rotatable bonds is 1. The fraction of sp³-hybridized carbons (Fsp3) is 0.0714. The summed E-state index contributed by atoms with van der Waals surface area (Å²) in [5, 5.41) is 0.926.